The summed E-state index contributed by atoms with van der Waals surface area (Å²) in [5.41, 5.74) is 7.39. The Bertz CT molecular complexity index is 399. The average molecular weight is 232 g/mol. The molecule has 92 valence electrons. The first kappa shape index (κ1) is 12.1. The lowest BCUT2D eigenvalue weighted by atomic mass is 10.1. The van der Waals surface area contributed by atoms with Gasteiger partial charge in [-0.2, -0.15) is 0 Å². The predicted octanol–water partition coefficient (Wildman–Crippen LogP) is 2.16. The lowest BCUT2D eigenvalue weighted by Gasteiger charge is -2.22. The maximum absolute atomic E-state index is 12.4. The highest BCUT2D eigenvalue weighted by molar-refractivity contribution is 5.94. The molecule has 0 radical (unpaired) electrons. The van der Waals surface area contributed by atoms with Gasteiger partial charge in [0.05, 0.1) is 0 Å². The topological polar surface area (TPSA) is 46.3 Å². The van der Waals surface area contributed by atoms with E-state index in [0.29, 0.717) is 12.6 Å². The van der Waals surface area contributed by atoms with Crippen molar-refractivity contribution in [2.75, 3.05) is 6.54 Å². The summed E-state index contributed by atoms with van der Waals surface area (Å²) in [6.07, 6.45) is 3.32. The Morgan fingerprint density at radius 1 is 1.47 bits per heavy atom. The van der Waals surface area contributed by atoms with Crippen LogP contribution in [0.5, 0.6) is 0 Å². The molecule has 0 heterocycles. The predicted molar refractivity (Wildman–Crippen MR) is 68.7 cm³/mol. The van der Waals surface area contributed by atoms with Gasteiger partial charge in [-0.3, -0.25) is 4.79 Å². The maximum atomic E-state index is 12.4. The summed E-state index contributed by atoms with van der Waals surface area (Å²) in [6.45, 7) is 3.45. The molecule has 0 atom stereocenters. The highest BCUT2D eigenvalue weighted by atomic mass is 16.2. The minimum Gasteiger partial charge on any atom is -0.336 e. The fourth-order valence-electron chi connectivity index (χ4n) is 2.07. The second-order valence-electron chi connectivity index (χ2n) is 4.63. The summed E-state index contributed by atoms with van der Waals surface area (Å²) in [7, 11) is 0. The Kier molecular flexibility index (Phi) is 3.79. The van der Waals surface area contributed by atoms with Crippen molar-refractivity contribution in [1.82, 2.24) is 4.90 Å². The highest BCUT2D eigenvalue weighted by Crippen LogP contribution is 2.28. The largest absolute Gasteiger partial charge is 0.336 e. The van der Waals surface area contributed by atoms with Gasteiger partial charge in [0.1, 0.15) is 0 Å². The monoisotopic (exact) mass is 232 g/mol. The third-order valence-corrected chi connectivity index (χ3v) is 3.12. The van der Waals surface area contributed by atoms with Crippen LogP contribution in [-0.4, -0.2) is 23.4 Å². The fraction of sp³-hybridized carbons (Fsp3) is 0.500. The third kappa shape index (κ3) is 2.86. The first-order valence-electron chi connectivity index (χ1n) is 6.36. The summed E-state index contributed by atoms with van der Waals surface area (Å²) in [6, 6.07) is 8.13. The zero-order chi connectivity index (χ0) is 12.3. The van der Waals surface area contributed by atoms with Gasteiger partial charge in [0.15, 0.2) is 0 Å². The number of nitrogens with two attached hydrogens (primary N) is 1. The Hall–Kier alpha value is -1.35. The van der Waals surface area contributed by atoms with Gasteiger partial charge in [-0.15, -0.1) is 0 Å². The van der Waals surface area contributed by atoms with E-state index in [1.165, 1.54) is 0 Å². The zero-order valence-electron chi connectivity index (χ0n) is 10.4. The molecule has 1 aliphatic rings. The van der Waals surface area contributed by atoms with Crippen molar-refractivity contribution in [2.24, 2.45) is 5.73 Å². The number of rotatable bonds is 5. The Morgan fingerprint density at radius 2 is 2.24 bits per heavy atom. The molecule has 1 aromatic rings. The van der Waals surface area contributed by atoms with Crippen molar-refractivity contribution in [3.63, 3.8) is 0 Å². The number of hydrogen-bond donors (Lipinski definition) is 1. The molecule has 1 aliphatic carbocycles. The Morgan fingerprint density at radius 3 is 2.82 bits per heavy atom. The summed E-state index contributed by atoms with van der Waals surface area (Å²) < 4.78 is 0. The molecule has 0 aliphatic heterocycles. The van der Waals surface area contributed by atoms with Crippen LogP contribution >= 0.6 is 0 Å². The van der Waals surface area contributed by atoms with Gasteiger partial charge in [0.25, 0.3) is 5.91 Å². The first-order chi connectivity index (χ1) is 8.26. The van der Waals surface area contributed by atoms with Gasteiger partial charge in [0, 0.05) is 24.7 Å². The number of carbonyl (C=O) groups excluding carboxylic acids is 1. The molecule has 17 heavy (non-hydrogen) atoms. The number of amides is 1. The molecular weight excluding hydrogens is 212 g/mol. The molecule has 0 spiro atoms. The second-order valence-corrected chi connectivity index (χ2v) is 4.63. The van der Waals surface area contributed by atoms with E-state index >= 15 is 0 Å². The molecule has 1 amide bonds. The van der Waals surface area contributed by atoms with Crippen LogP contribution in [0, 0.1) is 0 Å². The van der Waals surface area contributed by atoms with Gasteiger partial charge in [-0.25, -0.2) is 0 Å². The molecule has 3 nitrogen and oxygen atoms in total. The van der Waals surface area contributed by atoms with E-state index in [2.05, 4.69) is 6.92 Å². The molecule has 1 saturated carbocycles. The van der Waals surface area contributed by atoms with Crippen molar-refractivity contribution in [2.45, 2.75) is 38.8 Å². The van der Waals surface area contributed by atoms with Gasteiger partial charge >= 0.3 is 0 Å². The molecule has 0 unspecified atom stereocenters. The van der Waals surface area contributed by atoms with Crippen LogP contribution in [0.3, 0.4) is 0 Å². The number of nitrogens with zero attached hydrogens (tertiary/aromatic N) is 1. The third-order valence-electron chi connectivity index (χ3n) is 3.12. The maximum Gasteiger partial charge on any atom is 0.254 e. The molecule has 2 N–H and O–H groups in total. The SMILES string of the molecule is CCCN(C(=O)c1cccc(CN)c1)C1CC1. The van der Waals surface area contributed by atoms with E-state index in [9.17, 15) is 4.79 Å². The minimum absolute atomic E-state index is 0.157. The molecule has 0 saturated heterocycles. The van der Waals surface area contributed by atoms with Crippen molar-refractivity contribution in [3.8, 4) is 0 Å². The minimum atomic E-state index is 0.157. The molecule has 0 bridgehead atoms. The molecule has 2 rings (SSSR count). The summed E-state index contributed by atoms with van der Waals surface area (Å²) >= 11 is 0. The smallest absolute Gasteiger partial charge is 0.254 e. The first-order valence-corrected chi connectivity index (χ1v) is 6.36. The van der Waals surface area contributed by atoms with Gasteiger partial charge in [-0.05, 0) is 37.0 Å². The number of benzene rings is 1. The standard InChI is InChI=1S/C14H20N2O/c1-2-8-16(13-6-7-13)14(17)12-5-3-4-11(9-12)10-15/h3-5,9,13H,2,6-8,10,15H2,1H3. The van der Waals surface area contributed by atoms with Crippen molar-refractivity contribution >= 4 is 5.91 Å². The fourth-order valence-corrected chi connectivity index (χ4v) is 2.07. The lowest BCUT2D eigenvalue weighted by Crippen LogP contribution is -2.33. The average Bonchev–Trinajstić information content (AvgIpc) is 3.19. The number of carbonyl (C=O) groups is 1. The normalized spacial score (nSPS) is 14.7. The Balaban J connectivity index is 2.15. The van der Waals surface area contributed by atoms with Crippen LogP contribution in [0.25, 0.3) is 0 Å². The lowest BCUT2D eigenvalue weighted by molar-refractivity contribution is 0.0743. The molecular formula is C14H20N2O. The van der Waals surface area contributed by atoms with E-state index in [1.54, 1.807) is 0 Å². The van der Waals surface area contributed by atoms with E-state index in [4.69, 9.17) is 5.73 Å². The summed E-state index contributed by atoms with van der Waals surface area (Å²) in [4.78, 5) is 14.4. The molecule has 3 heteroatoms. The zero-order valence-corrected chi connectivity index (χ0v) is 10.4. The van der Waals surface area contributed by atoms with Crippen LogP contribution in [0.4, 0.5) is 0 Å². The molecule has 1 aromatic carbocycles. The van der Waals surface area contributed by atoms with Crippen LogP contribution in [0.1, 0.15) is 42.1 Å². The number of hydrogen-bond acceptors (Lipinski definition) is 2. The molecule has 1 fully saturated rings. The van der Waals surface area contributed by atoms with E-state index in [-0.39, 0.29) is 5.91 Å². The highest BCUT2D eigenvalue weighted by Gasteiger charge is 2.32. The van der Waals surface area contributed by atoms with Crippen LogP contribution in [0.15, 0.2) is 24.3 Å². The van der Waals surface area contributed by atoms with Crippen molar-refractivity contribution in [1.29, 1.82) is 0 Å². The Labute approximate surface area is 103 Å². The van der Waals surface area contributed by atoms with Crippen LogP contribution in [0.2, 0.25) is 0 Å². The quantitative estimate of drug-likeness (QED) is 0.845. The van der Waals surface area contributed by atoms with Gasteiger partial charge in [-0.1, -0.05) is 19.1 Å². The van der Waals surface area contributed by atoms with Crippen LogP contribution in [-0.2, 0) is 6.54 Å². The van der Waals surface area contributed by atoms with Crippen molar-refractivity contribution in [3.05, 3.63) is 35.4 Å². The van der Waals surface area contributed by atoms with Crippen LogP contribution < -0.4 is 5.73 Å². The van der Waals surface area contributed by atoms with Gasteiger partial charge in [0.2, 0.25) is 0 Å². The summed E-state index contributed by atoms with van der Waals surface area (Å²) in [5.74, 6) is 0.157. The molecule has 0 aromatic heterocycles. The van der Waals surface area contributed by atoms with E-state index in [0.717, 1.165) is 36.9 Å². The summed E-state index contributed by atoms with van der Waals surface area (Å²) in [5, 5.41) is 0. The second kappa shape index (κ2) is 5.32. The van der Waals surface area contributed by atoms with E-state index in [1.807, 2.05) is 29.2 Å². The van der Waals surface area contributed by atoms with Crippen molar-refractivity contribution < 1.29 is 4.79 Å². The van der Waals surface area contributed by atoms with E-state index < -0.39 is 0 Å². The van der Waals surface area contributed by atoms with Gasteiger partial charge < -0.3 is 10.6 Å².